The number of nitrogens with one attached hydrogen (secondary N) is 1. The molecule has 0 saturated carbocycles. The van der Waals surface area contributed by atoms with E-state index in [-0.39, 0.29) is 18.4 Å². The lowest BCUT2D eigenvalue weighted by Gasteiger charge is -2.28. The molecule has 1 heterocycles. The molecule has 1 aliphatic heterocycles. The van der Waals surface area contributed by atoms with E-state index in [0.717, 1.165) is 5.56 Å². The van der Waals surface area contributed by atoms with Crippen molar-refractivity contribution in [2.75, 3.05) is 6.54 Å². The Kier molecular flexibility index (Phi) is 3.23. The molecule has 4 nitrogen and oxygen atoms in total. The van der Waals surface area contributed by atoms with Crippen LogP contribution in [0.15, 0.2) is 42.1 Å². The minimum absolute atomic E-state index is 0.116. The molecule has 2 amide bonds. The minimum atomic E-state index is -0.145. The highest BCUT2D eigenvalue weighted by molar-refractivity contribution is 6.02. The van der Waals surface area contributed by atoms with Gasteiger partial charge in [0.1, 0.15) is 12.2 Å². The highest BCUT2D eigenvalue weighted by Gasteiger charge is 2.27. The first-order valence-corrected chi connectivity index (χ1v) is 5.50. The van der Waals surface area contributed by atoms with Crippen LogP contribution in [0.1, 0.15) is 12.5 Å². The van der Waals surface area contributed by atoms with E-state index in [2.05, 4.69) is 5.32 Å². The Hall–Kier alpha value is -2.10. The van der Waals surface area contributed by atoms with E-state index in [1.54, 1.807) is 17.9 Å². The molecule has 0 unspecified atom stereocenters. The lowest BCUT2D eigenvalue weighted by Crippen LogP contribution is -2.49. The van der Waals surface area contributed by atoms with E-state index in [0.29, 0.717) is 12.2 Å². The Morgan fingerprint density at radius 3 is 2.65 bits per heavy atom. The molecular formula is C13H14N2O2. The summed E-state index contributed by atoms with van der Waals surface area (Å²) < 4.78 is 0. The van der Waals surface area contributed by atoms with Gasteiger partial charge in [0.2, 0.25) is 5.91 Å². The van der Waals surface area contributed by atoms with Crippen molar-refractivity contribution in [1.82, 2.24) is 10.2 Å². The molecule has 4 heteroatoms. The van der Waals surface area contributed by atoms with Gasteiger partial charge in [0, 0.05) is 6.54 Å². The van der Waals surface area contributed by atoms with Gasteiger partial charge in [-0.15, -0.1) is 0 Å². The Morgan fingerprint density at radius 1 is 1.29 bits per heavy atom. The molecule has 0 radical (unpaired) electrons. The fourth-order valence-electron chi connectivity index (χ4n) is 1.79. The number of carbonyl (C=O) groups excluding carboxylic acids is 2. The zero-order valence-electron chi connectivity index (χ0n) is 9.64. The summed E-state index contributed by atoms with van der Waals surface area (Å²) >= 11 is 0. The van der Waals surface area contributed by atoms with Crippen molar-refractivity contribution in [1.29, 1.82) is 0 Å². The van der Waals surface area contributed by atoms with Crippen LogP contribution < -0.4 is 5.32 Å². The number of piperazine rings is 1. The summed E-state index contributed by atoms with van der Waals surface area (Å²) in [6, 6.07) is 9.64. The summed E-state index contributed by atoms with van der Waals surface area (Å²) in [7, 11) is 0. The quantitative estimate of drug-likeness (QED) is 0.772. The third kappa shape index (κ3) is 2.53. The Bertz CT molecular complexity index is 466. The summed E-state index contributed by atoms with van der Waals surface area (Å²) in [4.78, 5) is 24.9. The summed E-state index contributed by atoms with van der Waals surface area (Å²) in [5.41, 5.74) is 1.38. The van der Waals surface area contributed by atoms with Gasteiger partial charge >= 0.3 is 0 Å². The van der Waals surface area contributed by atoms with Crippen LogP contribution >= 0.6 is 0 Å². The maximum absolute atomic E-state index is 11.9. The average molecular weight is 230 g/mol. The summed E-state index contributed by atoms with van der Waals surface area (Å²) in [5.74, 6) is -0.274. The highest BCUT2D eigenvalue weighted by atomic mass is 16.2. The normalized spacial score (nSPS) is 18.4. The van der Waals surface area contributed by atoms with Crippen LogP contribution in [0.4, 0.5) is 0 Å². The van der Waals surface area contributed by atoms with Crippen LogP contribution in [-0.4, -0.2) is 23.3 Å². The maximum Gasteiger partial charge on any atom is 0.270 e. The minimum Gasteiger partial charge on any atom is -0.324 e. The largest absolute Gasteiger partial charge is 0.324 e. The van der Waals surface area contributed by atoms with E-state index in [4.69, 9.17) is 0 Å². The summed E-state index contributed by atoms with van der Waals surface area (Å²) in [6.45, 7) is 2.31. The molecule has 88 valence electrons. The fraction of sp³-hybridized carbons (Fsp3) is 0.231. The molecule has 1 N–H and O–H groups in total. The average Bonchev–Trinajstić information content (AvgIpc) is 2.34. The van der Waals surface area contributed by atoms with Gasteiger partial charge in [0.25, 0.3) is 5.91 Å². The first-order chi connectivity index (χ1) is 8.20. The molecule has 1 saturated heterocycles. The maximum atomic E-state index is 11.9. The smallest absolute Gasteiger partial charge is 0.270 e. The van der Waals surface area contributed by atoms with Gasteiger partial charge in [0.05, 0.1) is 0 Å². The number of nitrogens with zero attached hydrogens (tertiary/aromatic N) is 1. The van der Waals surface area contributed by atoms with Crippen molar-refractivity contribution in [3.05, 3.63) is 47.7 Å². The highest BCUT2D eigenvalue weighted by Crippen LogP contribution is 2.10. The number of benzene rings is 1. The number of hydrogen-bond acceptors (Lipinski definition) is 2. The van der Waals surface area contributed by atoms with Crippen LogP contribution in [0.2, 0.25) is 0 Å². The van der Waals surface area contributed by atoms with E-state index >= 15 is 0 Å². The fourth-order valence-corrected chi connectivity index (χ4v) is 1.79. The van der Waals surface area contributed by atoms with Crippen LogP contribution in [0.25, 0.3) is 0 Å². The van der Waals surface area contributed by atoms with Crippen molar-refractivity contribution in [3.8, 4) is 0 Å². The molecule has 0 spiro atoms. The second kappa shape index (κ2) is 4.82. The predicted molar refractivity (Wildman–Crippen MR) is 63.8 cm³/mol. The van der Waals surface area contributed by atoms with Crippen LogP contribution in [0, 0.1) is 0 Å². The number of rotatable bonds is 2. The number of amides is 2. The molecule has 1 fully saturated rings. The Labute approximate surface area is 99.9 Å². The molecule has 0 bridgehead atoms. The second-order valence-corrected chi connectivity index (χ2v) is 3.90. The van der Waals surface area contributed by atoms with Gasteiger partial charge < -0.3 is 10.2 Å². The van der Waals surface area contributed by atoms with Crippen LogP contribution in [0.5, 0.6) is 0 Å². The van der Waals surface area contributed by atoms with E-state index in [1.165, 1.54) is 0 Å². The molecule has 0 aromatic heterocycles. The predicted octanol–water partition coefficient (Wildman–Crippen LogP) is 1.05. The van der Waals surface area contributed by atoms with Gasteiger partial charge in [-0.1, -0.05) is 36.4 Å². The van der Waals surface area contributed by atoms with Crippen molar-refractivity contribution in [3.63, 3.8) is 0 Å². The zero-order chi connectivity index (χ0) is 12.3. The number of carbonyl (C=O) groups is 2. The Balaban J connectivity index is 2.15. The van der Waals surface area contributed by atoms with E-state index in [1.807, 2.05) is 30.3 Å². The third-order valence-electron chi connectivity index (χ3n) is 2.63. The molecule has 1 aromatic rings. The van der Waals surface area contributed by atoms with Gasteiger partial charge in [0.15, 0.2) is 0 Å². The third-order valence-corrected chi connectivity index (χ3v) is 2.63. The first-order valence-electron chi connectivity index (χ1n) is 5.50. The monoisotopic (exact) mass is 230 g/mol. The number of allylic oxidation sites excluding steroid dienone is 1. The van der Waals surface area contributed by atoms with Gasteiger partial charge in [-0.25, -0.2) is 0 Å². The second-order valence-electron chi connectivity index (χ2n) is 3.90. The molecule has 0 aliphatic carbocycles. The molecule has 17 heavy (non-hydrogen) atoms. The lowest BCUT2D eigenvalue weighted by atomic mass is 10.2. The van der Waals surface area contributed by atoms with Crippen LogP contribution in [-0.2, 0) is 16.1 Å². The lowest BCUT2D eigenvalue weighted by molar-refractivity contribution is -0.137. The van der Waals surface area contributed by atoms with E-state index in [9.17, 15) is 9.59 Å². The Morgan fingerprint density at radius 2 is 2.00 bits per heavy atom. The van der Waals surface area contributed by atoms with Gasteiger partial charge in [-0.3, -0.25) is 9.59 Å². The molecule has 1 aliphatic rings. The topological polar surface area (TPSA) is 49.4 Å². The van der Waals surface area contributed by atoms with Crippen molar-refractivity contribution < 1.29 is 9.59 Å². The van der Waals surface area contributed by atoms with Crippen molar-refractivity contribution in [2.24, 2.45) is 0 Å². The SMILES string of the molecule is C/C=C1\NC(=O)CN(Cc2ccccc2)C1=O. The van der Waals surface area contributed by atoms with E-state index < -0.39 is 0 Å². The van der Waals surface area contributed by atoms with Gasteiger partial charge in [-0.2, -0.15) is 0 Å². The standard InChI is InChI=1S/C13H14N2O2/c1-2-11-13(17)15(9-12(16)14-11)8-10-6-4-3-5-7-10/h2-7H,8-9H2,1H3,(H,14,16)/b11-2-. The zero-order valence-corrected chi connectivity index (χ0v) is 9.64. The number of hydrogen-bond donors (Lipinski definition) is 1. The molecular weight excluding hydrogens is 216 g/mol. The summed E-state index contributed by atoms with van der Waals surface area (Å²) in [5, 5.41) is 2.56. The molecule has 1 aromatic carbocycles. The van der Waals surface area contributed by atoms with Crippen molar-refractivity contribution >= 4 is 11.8 Å². The summed E-state index contributed by atoms with van der Waals surface area (Å²) in [6.07, 6.45) is 1.62. The van der Waals surface area contributed by atoms with Gasteiger partial charge in [-0.05, 0) is 12.5 Å². The van der Waals surface area contributed by atoms with Crippen LogP contribution in [0.3, 0.4) is 0 Å². The van der Waals surface area contributed by atoms with Crippen molar-refractivity contribution in [2.45, 2.75) is 13.5 Å². The first kappa shape index (κ1) is 11.4. The molecule has 2 rings (SSSR count). The molecule has 0 atom stereocenters.